The van der Waals surface area contributed by atoms with Crippen LogP contribution in [0.2, 0.25) is 0 Å². The first kappa shape index (κ1) is 13.9. The van der Waals surface area contributed by atoms with Gasteiger partial charge in [0.25, 0.3) is 0 Å². The van der Waals surface area contributed by atoms with Crippen molar-refractivity contribution in [2.24, 2.45) is 5.41 Å². The molecular weight excluding hydrogens is 238 g/mol. The van der Waals surface area contributed by atoms with Gasteiger partial charge in [-0.25, -0.2) is 0 Å². The first-order valence-electron chi connectivity index (χ1n) is 7.13. The highest BCUT2D eigenvalue weighted by atomic mass is 15.1. The predicted molar refractivity (Wildman–Crippen MR) is 80.3 cm³/mol. The minimum atomic E-state index is 0.320. The number of nitrogens with one attached hydrogen (secondary N) is 2. The molecule has 4 N–H and O–H groups in total. The summed E-state index contributed by atoms with van der Waals surface area (Å²) in [6.07, 6.45) is 4.68. The number of nitrogens with zero attached hydrogens (tertiary/aromatic N) is 2. The van der Waals surface area contributed by atoms with E-state index in [9.17, 15) is 0 Å². The van der Waals surface area contributed by atoms with E-state index in [1.165, 1.54) is 19.3 Å². The van der Waals surface area contributed by atoms with Crippen molar-refractivity contribution in [2.75, 3.05) is 22.9 Å². The standard InChI is InChI=1S/C14H25N5/c1-4-7-16-11-8-12(19-13(15)18-11)17-10-5-6-14(2,3)9-10/h8,10H,4-7,9H2,1-3H3,(H4,15,16,17,18,19). The number of rotatable bonds is 5. The van der Waals surface area contributed by atoms with E-state index in [4.69, 9.17) is 5.73 Å². The highest BCUT2D eigenvalue weighted by Gasteiger charge is 2.30. The average Bonchev–Trinajstić information content (AvgIpc) is 2.65. The van der Waals surface area contributed by atoms with Crippen LogP contribution in [0.1, 0.15) is 46.5 Å². The summed E-state index contributed by atoms with van der Waals surface area (Å²) in [7, 11) is 0. The van der Waals surface area contributed by atoms with Gasteiger partial charge in [0.05, 0.1) is 0 Å². The Hall–Kier alpha value is -1.52. The molecule has 0 saturated heterocycles. The Morgan fingerprint density at radius 1 is 1.37 bits per heavy atom. The third-order valence-electron chi connectivity index (χ3n) is 3.62. The van der Waals surface area contributed by atoms with E-state index < -0.39 is 0 Å². The largest absolute Gasteiger partial charge is 0.370 e. The van der Waals surface area contributed by atoms with Crippen LogP contribution in [0.4, 0.5) is 17.6 Å². The maximum atomic E-state index is 5.76. The molecule has 1 aliphatic rings. The first-order chi connectivity index (χ1) is 8.98. The van der Waals surface area contributed by atoms with Crippen LogP contribution in [-0.4, -0.2) is 22.6 Å². The second-order valence-electron chi connectivity index (χ2n) is 6.17. The highest BCUT2D eigenvalue weighted by Crippen LogP contribution is 2.38. The maximum absolute atomic E-state index is 5.76. The van der Waals surface area contributed by atoms with Crippen molar-refractivity contribution in [2.45, 2.75) is 52.5 Å². The van der Waals surface area contributed by atoms with Crippen LogP contribution in [-0.2, 0) is 0 Å². The Bertz CT molecular complexity index is 430. The van der Waals surface area contributed by atoms with Crippen molar-refractivity contribution in [3.8, 4) is 0 Å². The molecule has 1 atom stereocenters. The molecule has 0 aromatic carbocycles. The molecule has 1 aliphatic carbocycles. The monoisotopic (exact) mass is 263 g/mol. The van der Waals surface area contributed by atoms with E-state index in [-0.39, 0.29) is 0 Å². The molecule has 5 heteroatoms. The topological polar surface area (TPSA) is 75.9 Å². The lowest BCUT2D eigenvalue weighted by Crippen LogP contribution is -2.19. The zero-order chi connectivity index (χ0) is 13.9. The molecule has 1 aromatic rings. The van der Waals surface area contributed by atoms with E-state index in [1.54, 1.807) is 0 Å². The van der Waals surface area contributed by atoms with Crippen LogP contribution >= 0.6 is 0 Å². The fourth-order valence-corrected chi connectivity index (χ4v) is 2.65. The summed E-state index contributed by atoms with van der Waals surface area (Å²) in [6, 6.07) is 2.43. The summed E-state index contributed by atoms with van der Waals surface area (Å²) in [6.45, 7) is 7.65. The third-order valence-corrected chi connectivity index (χ3v) is 3.62. The molecule has 0 spiro atoms. The SMILES string of the molecule is CCCNc1cc(NC2CCC(C)(C)C2)nc(N)n1. The molecule has 2 rings (SSSR count). The van der Waals surface area contributed by atoms with Crippen molar-refractivity contribution in [3.05, 3.63) is 6.07 Å². The van der Waals surface area contributed by atoms with Crippen molar-refractivity contribution < 1.29 is 0 Å². The Kier molecular flexibility index (Phi) is 4.12. The molecule has 19 heavy (non-hydrogen) atoms. The summed E-state index contributed by atoms with van der Waals surface area (Å²) in [5.74, 6) is 1.95. The van der Waals surface area contributed by atoms with Gasteiger partial charge in [-0.05, 0) is 31.1 Å². The fraction of sp³-hybridized carbons (Fsp3) is 0.714. The number of hydrogen-bond donors (Lipinski definition) is 3. The van der Waals surface area contributed by atoms with Gasteiger partial charge in [-0.15, -0.1) is 0 Å². The number of nitrogens with two attached hydrogens (primary N) is 1. The molecule has 0 bridgehead atoms. The molecular formula is C14H25N5. The third kappa shape index (κ3) is 3.98. The molecule has 1 fully saturated rings. The lowest BCUT2D eigenvalue weighted by molar-refractivity contribution is 0.378. The summed E-state index contributed by atoms with van der Waals surface area (Å²) >= 11 is 0. The van der Waals surface area contributed by atoms with E-state index in [2.05, 4.69) is 41.4 Å². The summed E-state index contributed by atoms with van der Waals surface area (Å²) in [5.41, 5.74) is 6.19. The number of aromatic nitrogens is 2. The van der Waals surface area contributed by atoms with Crippen LogP contribution in [0.25, 0.3) is 0 Å². The quantitative estimate of drug-likeness (QED) is 0.761. The minimum absolute atomic E-state index is 0.320. The molecule has 1 saturated carbocycles. The van der Waals surface area contributed by atoms with Gasteiger partial charge in [-0.3, -0.25) is 0 Å². The van der Waals surface area contributed by atoms with Gasteiger partial charge in [-0.1, -0.05) is 20.8 Å². The Balaban J connectivity index is 2.02. The molecule has 0 radical (unpaired) electrons. The summed E-state index contributed by atoms with van der Waals surface area (Å²) in [5, 5.41) is 6.73. The van der Waals surface area contributed by atoms with E-state index in [0.29, 0.717) is 17.4 Å². The molecule has 0 amide bonds. The second-order valence-corrected chi connectivity index (χ2v) is 6.17. The molecule has 5 nitrogen and oxygen atoms in total. The van der Waals surface area contributed by atoms with E-state index >= 15 is 0 Å². The average molecular weight is 263 g/mol. The van der Waals surface area contributed by atoms with Crippen molar-refractivity contribution in [1.29, 1.82) is 0 Å². The number of hydrogen-bond acceptors (Lipinski definition) is 5. The maximum Gasteiger partial charge on any atom is 0.223 e. The summed E-state index contributed by atoms with van der Waals surface area (Å²) in [4.78, 5) is 8.46. The van der Waals surface area contributed by atoms with Gasteiger partial charge in [-0.2, -0.15) is 9.97 Å². The minimum Gasteiger partial charge on any atom is -0.370 e. The number of nitrogen functional groups attached to an aromatic ring is 1. The highest BCUT2D eigenvalue weighted by molar-refractivity contribution is 5.51. The lowest BCUT2D eigenvalue weighted by atomic mass is 9.92. The van der Waals surface area contributed by atoms with Crippen LogP contribution in [0.15, 0.2) is 6.07 Å². The smallest absolute Gasteiger partial charge is 0.223 e. The molecule has 0 aliphatic heterocycles. The zero-order valence-corrected chi connectivity index (χ0v) is 12.2. The lowest BCUT2D eigenvalue weighted by Gasteiger charge is -2.18. The Morgan fingerprint density at radius 2 is 2.11 bits per heavy atom. The van der Waals surface area contributed by atoms with Crippen molar-refractivity contribution >= 4 is 17.6 Å². The van der Waals surface area contributed by atoms with E-state index in [0.717, 1.165) is 24.6 Å². The fourth-order valence-electron chi connectivity index (χ4n) is 2.65. The van der Waals surface area contributed by atoms with Crippen molar-refractivity contribution in [1.82, 2.24) is 9.97 Å². The van der Waals surface area contributed by atoms with Crippen molar-refractivity contribution in [3.63, 3.8) is 0 Å². The van der Waals surface area contributed by atoms with Crippen LogP contribution in [0.3, 0.4) is 0 Å². The van der Waals surface area contributed by atoms with Gasteiger partial charge >= 0.3 is 0 Å². The zero-order valence-electron chi connectivity index (χ0n) is 12.2. The van der Waals surface area contributed by atoms with Gasteiger partial charge < -0.3 is 16.4 Å². The molecule has 1 aromatic heterocycles. The van der Waals surface area contributed by atoms with Gasteiger partial charge in [0, 0.05) is 18.7 Å². The number of anilines is 3. The molecule has 1 unspecified atom stereocenters. The first-order valence-corrected chi connectivity index (χ1v) is 7.13. The van der Waals surface area contributed by atoms with Crippen LogP contribution in [0, 0.1) is 5.41 Å². The Morgan fingerprint density at radius 3 is 2.74 bits per heavy atom. The normalized spacial score (nSPS) is 21.3. The van der Waals surface area contributed by atoms with Gasteiger partial charge in [0.2, 0.25) is 5.95 Å². The van der Waals surface area contributed by atoms with Gasteiger partial charge in [0.1, 0.15) is 11.6 Å². The van der Waals surface area contributed by atoms with Crippen LogP contribution < -0.4 is 16.4 Å². The second kappa shape index (κ2) is 5.63. The Labute approximate surface area is 115 Å². The summed E-state index contributed by atoms with van der Waals surface area (Å²) < 4.78 is 0. The predicted octanol–water partition coefficient (Wildman–Crippen LogP) is 2.87. The van der Waals surface area contributed by atoms with E-state index in [1.807, 2.05) is 6.07 Å². The molecule has 106 valence electrons. The van der Waals surface area contributed by atoms with Gasteiger partial charge in [0.15, 0.2) is 0 Å². The molecule has 1 heterocycles. The van der Waals surface area contributed by atoms with Crippen LogP contribution in [0.5, 0.6) is 0 Å².